The summed E-state index contributed by atoms with van der Waals surface area (Å²) >= 11 is 1.47. The lowest BCUT2D eigenvalue weighted by atomic mass is 10.1. The van der Waals surface area contributed by atoms with E-state index in [0.29, 0.717) is 5.56 Å². The predicted molar refractivity (Wildman–Crippen MR) is 100 cm³/mol. The minimum atomic E-state index is -0.865. The number of carbonyl (C=O) groups is 2. The van der Waals surface area contributed by atoms with Crippen molar-refractivity contribution in [2.24, 2.45) is 0 Å². The zero-order chi connectivity index (χ0) is 17.8. The van der Waals surface area contributed by atoms with E-state index in [2.05, 4.69) is 11.4 Å². The number of hydrogen-bond acceptors (Lipinski definition) is 4. The van der Waals surface area contributed by atoms with Crippen molar-refractivity contribution in [2.75, 3.05) is 11.6 Å². The fourth-order valence-corrected chi connectivity index (χ4v) is 3.57. The maximum Gasteiger partial charge on any atom is 0.340 e. The van der Waals surface area contributed by atoms with Gasteiger partial charge in [-0.1, -0.05) is 18.2 Å². The second-order valence-corrected chi connectivity index (χ2v) is 6.92. The maximum absolute atomic E-state index is 12.3. The molecule has 1 atom stereocenters. The standard InChI is InChI=1S/C20H21NO3S/c1-13(24-20(23)17-8-3-4-9-18(17)25-2)19(22)21-16-11-10-14-6-5-7-15(14)12-16/h3-4,8-13H,5-7H2,1-2H3,(H,21,22)/t13-/m0/s1. The van der Waals surface area contributed by atoms with E-state index in [-0.39, 0.29) is 5.91 Å². The minimum Gasteiger partial charge on any atom is -0.449 e. The molecule has 1 amide bonds. The highest BCUT2D eigenvalue weighted by atomic mass is 32.2. The van der Waals surface area contributed by atoms with Crippen LogP contribution >= 0.6 is 11.8 Å². The van der Waals surface area contributed by atoms with E-state index in [9.17, 15) is 9.59 Å². The van der Waals surface area contributed by atoms with Crippen molar-refractivity contribution in [1.82, 2.24) is 0 Å². The number of ether oxygens (including phenoxy) is 1. The van der Waals surface area contributed by atoms with Crippen LogP contribution in [0.1, 0.15) is 34.8 Å². The van der Waals surface area contributed by atoms with Crippen molar-refractivity contribution >= 4 is 29.3 Å². The highest BCUT2D eigenvalue weighted by molar-refractivity contribution is 7.98. The van der Waals surface area contributed by atoms with Crippen LogP contribution in [0.4, 0.5) is 5.69 Å². The van der Waals surface area contributed by atoms with Gasteiger partial charge in [0.1, 0.15) is 0 Å². The summed E-state index contributed by atoms with van der Waals surface area (Å²) in [5, 5.41) is 2.84. The third kappa shape index (κ3) is 4.04. The molecule has 2 aromatic carbocycles. The molecule has 1 N–H and O–H groups in total. The lowest BCUT2D eigenvalue weighted by Gasteiger charge is -2.15. The number of aryl methyl sites for hydroxylation is 2. The van der Waals surface area contributed by atoms with E-state index in [1.807, 2.05) is 30.5 Å². The first-order valence-corrected chi connectivity index (χ1v) is 9.57. The van der Waals surface area contributed by atoms with Gasteiger partial charge >= 0.3 is 5.97 Å². The summed E-state index contributed by atoms with van der Waals surface area (Å²) in [5.41, 5.74) is 3.87. The third-order valence-corrected chi connectivity index (χ3v) is 5.14. The summed E-state index contributed by atoms with van der Waals surface area (Å²) in [7, 11) is 0. The molecule has 0 aliphatic heterocycles. The third-order valence-electron chi connectivity index (χ3n) is 4.35. The highest BCUT2D eigenvalue weighted by Gasteiger charge is 2.21. The number of carbonyl (C=O) groups excluding carboxylic acids is 2. The molecule has 1 aliphatic rings. The topological polar surface area (TPSA) is 55.4 Å². The van der Waals surface area contributed by atoms with Crippen LogP contribution in [0.15, 0.2) is 47.4 Å². The Labute approximate surface area is 152 Å². The summed E-state index contributed by atoms with van der Waals surface area (Å²) in [6.45, 7) is 1.59. The van der Waals surface area contributed by atoms with Gasteiger partial charge in [0.15, 0.2) is 6.10 Å². The second kappa shape index (κ2) is 7.74. The van der Waals surface area contributed by atoms with E-state index in [4.69, 9.17) is 4.74 Å². The Balaban J connectivity index is 1.63. The predicted octanol–water partition coefficient (Wildman–Crippen LogP) is 4.08. The molecule has 0 bridgehead atoms. The molecule has 5 heteroatoms. The molecular weight excluding hydrogens is 334 g/mol. The molecule has 0 unspecified atom stereocenters. The summed E-state index contributed by atoms with van der Waals surface area (Å²) in [6.07, 6.45) is 4.35. The smallest absolute Gasteiger partial charge is 0.340 e. The second-order valence-electron chi connectivity index (χ2n) is 6.07. The molecule has 0 spiro atoms. The Morgan fingerprint density at radius 3 is 2.68 bits per heavy atom. The highest BCUT2D eigenvalue weighted by Crippen LogP contribution is 2.25. The van der Waals surface area contributed by atoms with Gasteiger partial charge in [0.25, 0.3) is 5.91 Å². The molecule has 0 heterocycles. The van der Waals surface area contributed by atoms with E-state index < -0.39 is 12.1 Å². The zero-order valence-corrected chi connectivity index (χ0v) is 15.2. The number of hydrogen-bond donors (Lipinski definition) is 1. The Bertz CT molecular complexity index is 803. The molecule has 1 aliphatic carbocycles. The van der Waals surface area contributed by atoms with Crippen molar-refractivity contribution in [1.29, 1.82) is 0 Å². The van der Waals surface area contributed by atoms with Gasteiger partial charge in [-0.25, -0.2) is 4.79 Å². The number of amides is 1. The zero-order valence-electron chi connectivity index (χ0n) is 14.4. The summed E-state index contributed by atoms with van der Waals surface area (Å²) in [5.74, 6) is -0.811. The van der Waals surface area contributed by atoms with E-state index in [0.717, 1.165) is 29.8 Å². The maximum atomic E-state index is 12.3. The van der Waals surface area contributed by atoms with E-state index in [1.54, 1.807) is 19.1 Å². The van der Waals surface area contributed by atoms with Gasteiger partial charge in [-0.2, -0.15) is 0 Å². The van der Waals surface area contributed by atoms with Crippen molar-refractivity contribution in [3.63, 3.8) is 0 Å². The molecule has 0 saturated carbocycles. The Kier molecular flexibility index (Phi) is 5.43. The molecule has 0 fully saturated rings. The number of anilines is 1. The number of esters is 1. The average Bonchev–Trinajstić information content (AvgIpc) is 3.09. The Hall–Kier alpha value is -2.27. The first kappa shape index (κ1) is 17.5. The van der Waals surface area contributed by atoms with Crippen molar-refractivity contribution < 1.29 is 14.3 Å². The molecule has 0 radical (unpaired) electrons. The first-order valence-electron chi connectivity index (χ1n) is 8.35. The fourth-order valence-electron chi connectivity index (χ4n) is 2.98. The number of nitrogens with one attached hydrogen (secondary N) is 1. The normalized spacial score (nSPS) is 13.8. The van der Waals surface area contributed by atoms with Gasteiger partial charge in [-0.3, -0.25) is 4.79 Å². The number of thioether (sulfide) groups is 1. The molecule has 0 aromatic heterocycles. The first-order chi connectivity index (χ1) is 12.1. The quantitative estimate of drug-likeness (QED) is 0.648. The van der Waals surface area contributed by atoms with Crippen LogP contribution in [-0.4, -0.2) is 24.2 Å². The van der Waals surface area contributed by atoms with E-state index in [1.165, 1.54) is 22.9 Å². The fraction of sp³-hybridized carbons (Fsp3) is 0.300. The van der Waals surface area contributed by atoms with Crippen molar-refractivity contribution in [3.05, 3.63) is 59.2 Å². The Morgan fingerprint density at radius 1 is 1.12 bits per heavy atom. The van der Waals surface area contributed by atoms with Gasteiger partial charge in [0.2, 0.25) is 0 Å². The van der Waals surface area contributed by atoms with Gasteiger partial charge in [-0.15, -0.1) is 11.8 Å². The molecule has 2 aromatic rings. The van der Waals surface area contributed by atoms with Gasteiger partial charge in [-0.05, 0) is 67.8 Å². The monoisotopic (exact) mass is 355 g/mol. The lowest BCUT2D eigenvalue weighted by molar-refractivity contribution is -0.123. The van der Waals surface area contributed by atoms with Crippen molar-refractivity contribution in [2.45, 2.75) is 37.2 Å². The van der Waals surface area contributed by atoms with E-state index >= 15 is 0 Å². The SMILES string of the molecule is CSc1ccccc1C(=O)O[C@@H](C)C(=O)Nc1ccc2c(c1)CCC2. The van der Waals surface area contributed by atoms with Crippen LogP contribution in [0.25, 0.3) is 0 Å². The number of rotatable bonds is 5. The summed E-state index contributed by atoms with van der Waals surface area (Å²) < 4.78 is 5.34. The molecule has 4 nitrogen and oxygen atoms in total. The molecule has 25 heavy (non-hydrogen) atoms. The molecule has 3 rings (SSSR count). The number of benzene rings is 2. The molecule has 130 valence electrons. The van der Waals surface area contributed by atoms with Crippen LogP contribution in [0, 0.1) is 0 Å². The van der Waals surface area contributed by atoms with Crippen LogP contribution < -0.4 is 5.32 Å². The van der Waals surface area contributed by atoms with Gasteiger partial charge in [0, 0.05) is 10.6 Å². The van der Waals surface area contributed by atoms with Gasteiger partial charge < -0.3 is 10.1 Å². The largest absolute Gasteiger partial charge is 0.449 e. The van der Waals surface area contributed by atoms with Crippen LogP contribution in [0.2, 0.25) is 0 Å². The van der Waals surface area contributed by atoms with Crippen molar-refractivity contribution in [3.8, 4) is 0 Å². The summed E-state index contributed by atoms with van der Waals surface area (Å²) in [6, 6.07) is 13.2. The average molecular weight is 355 g/mol. The molecule has 0 saturated heterocycles. The number of fused-ring (bicyclic) bond motifs is 1. The van der Waals surface area contributed by atoms with Crippen LogP contribution in [0.5, 0.6) is 0 Å². The summed E-state index contributed by atoms with van der Waals surface area (Å²) in [4.78, 5) is 25.5. The minimum absolute atomic E-state index is 0.326. The molecular formula is C20H21NO3S. The Morgan fingerprint density at radius 2 is 1.88 bits per heavy atom. The van der Waals surface area contributed by atoms with Crippen LogP contribution in [-0.2, 0) is 22.4 Å². The van der Waals surface area contributed by atoms with Gasteiger partial charge in [0.05, 0.1) is 5.56 Å². The lowest BCUT2D eigenvalue weighted by Crippen LogP contribution is -2.30. The van der Waals surface area contributed by atoms with Crippen LogP contribution in [0.3, 0.4) is 0 Å².